The second-order valence-electron chi connectivity index (χ2n) is 4.64. The van der Waals surface area contributed by atoms with Crippen molar-refractivity contribution < 1.29 is 0 Å². The Morgan fingerprint density at radius 1 is 1.53 bits per heavy atom. The lowest BCUT2D eigenvalue weighted by atomic mass is 9.86. The number of anilines is 1. The molecule has 0 spiro atoms. The molecule has 2 unspecified atom stereocenters. The van der Waals surface area contributed by atoms with Crippen LogP contribution in [0.3, 0.4) is 0 Å². The van der Waals surface area contributed by atoms with Crippen LogP contribution in [0.5, 0.6) is 0 Å². The normalized spacial score (nSPS) is 24.6. The summed E-state index contributed by atoms with van der Waals surface area (Å²) in [4.78, 5) is 16.0. The molecule has 0 amide bonds. The van der Waals surface area contributed by atoms with Crippen molar-refractivity contribution in [2.45, 2.75) is 31.7 Å². The Balaban J connectivity index is 2.14. The van der Waals surface area contributed by atoms with E-state index in [1.807, 2.05) is 0 Å². The van der Waals surface area contributed by atoms with Gasteiger partial charge in [0, 0.05) is 31.4 Å². The minimum absolute atomic E-state index is 0.0774. The lowest BCUT2D eigenvalue weighted by Gasteiger charge is -2.30. The molecule has 1 saturated carbocycles. The smallest absolute Gasteiger partial charge is 0.293 e. The van der Waals surface area contributed by atoms with Gasteiger partial charge in [0.15, 0.2) is 5.82 Å². The fourth-order valence-corrected chi connectivity index (χ4v) is 2.72. The van der Waals surface area contributed by atoms with Gasteiger partial charge in [-0.15, -0.1) is 11.6 Å². The lowest BCUT2D eigenvalue weighted by Crippen LogP contribution is -2.36. The first-order valence-electron chi connectivity index (χ1n) is 6.06. The van der Waals surface area contributed by atoms with E-state index in [-0.39, 0.29) is 11.6 Å². The Hall–Kier alpha value is -1.03. The number of halogens is 1. The third-order valence-electron chi connectivity index (χ3n) is 3.45. The van der Waals surface area contributed by atoms with Crippen LogP contribution in [0, 0.1) is 5.92 Å². The van der Waals surface area contributed by atoms with Crippen molar-refractivity contribution in [2.75, 3.05) is 11.2 Å². The van der Waals surface area contributed by atoms with Crippen LogP contribution in [0.1, 0.15) is 25.7 Å². The number of aromatic nitrogens is 2. The van der Waals surface area contributed by atoms with Crippen molar-refractivity contribution >= 4 is 17.4 Å². The zero-order valence-electron chi connectivity index (χ0n) is 10.0. The number of nitrogens with one attached hydrogen (secondary N) is 1. The molecule has 1 heterocycles. The monoisotopic (exact) mass is 255 g/mol. The second-order valence-corrected chi connectivity index (χ2v) is 4.95. The van der Waals surface area contributed by atoms with Crippen molar-refractivity contribution in [1.82, 2.24) is 9.55 Å². The summed E-state index contributed by atoms with van der Waals surface area (Å²) in [7, 11) is 1.73. The zero-order valence-corrected chi connectivity index (χ0v) is 10.8. The van der Waals surface area contributed by atoms with E-state index in [1.165, 1.54) is 17.4 Å². The highest BCUT2D eigenvalue weighted by atomic mass is 35.5. The molecule has 17 heavy (non-hydrogen) atoms. The molecule has 1 aromatic heterocycles. The third-order valence-corrected chi connectivity index (χ3v) is 3.84. The van der Waals surface area contributed by atoms with Crippen molar-refractivity contribution in [3.8, 4) is 0 Å². The summed E-state index contributed by atoms with van der Waals surface area (Å²) >= 11 is 5.97. The van der Waals surface area contributed by atoms with Gasteiger partial charge in [0.1, 0.15) is 0 Å². The summed E-state index contributed by atoms with van der Waals surface area (Å²) in [5.74, 6) is 1.53. The Morgan fingerprint density at radius 3 is 3.06 bits per heavy atom. The van der Waals surface area contributed by atoms with Crippen LogP contribution in [0.4, 0.5) is 5.82 Å². The van der Waals surface area contributed by atoms with E-state index in [1.54, 1.807) is 19.4 Å². The molecule has 1 aliphatic rings. The van der Waals surface area contributed by atoms with E-state index in [4.69, 9.17) is 11.6 Å². The first kappa shape index (κ1) is 12.4. The van der Waals surface area contributed by atoms with Crippen LogP contribution in [-0.2, 0) is 7.05 Å². The number of nitrogens with zero attached hydrogens (tertiary/aromatic N) is 2. The number of hydrogen-bond acceptors (Lipinski definition) is 3. The fourth-order valence-electron chi connectivity index (χ4n) is 2.35. The first-order valence-corrected chi connectivity index (χ1v) is 6.60. The molecule has 2 atom stereocenters. The van der Waals surface area contributed by atoms with Gasteiger partial charge in [-0.3, -0.25) is 4.79 Å². The Bertz CT molecular complexity index is 432. The van der Waals surface area contributed by atoms with Crippen molar-refractivity contribution in [3.05, 3.63) is 22.7 Å². The maximum Gasteiger partial charge on any atom is 0.293 e. The lowest BCUT2D eigenvalue weighted by molar-refractivity contribution is 0.352. The Labute approximate surface area is 106 Å². The highest BCUT2D eigenvalue weighted by Gasteiger charge is 2.25. The Kier molecular flexibility index (Phi) is 4.05. The molecular formula is C12H18ClN3O. The molecule has 0 aromatic carbocycles. The average Bonchev–Trinajstić information content (AvgIpc) is 2.35. The molecule has 0 radical (unpaired) electrons. The van der Waals surface area contributed by atoms with Crippen LogP contribution in [-0.4, -0.2) is 21.5 Å². The largest absolute Gasteiger partial charge is 0.362 e. The summed E-state index contributed by atoms with van der Waals surface area (Å²) in [6.45, 7) is 0. The number of alkyl halides is 1. The van der Waals surface area contributed by atoms with Gasteiger partial charge in [0.2, 0.25) is 0 Å². The average molecular weight is 256 g/mol. The standard InChI is InChI=1S/C12H18ClN3O/c1-16-7-6-14-11(12(16)17)15-10-5-3-2-4-9(10)8-13/h6-7,9-10H,2-5,8H2,1H3,(H,14,15). The fraction of sp³-hybridized carbons (Fsp3) is 0.667. The summed E-state index contributed by atoms with van der Waals surface area (Å²) < 4.78 is 1.54. The highest BCUT2D eigenvalue weighted by molar-refractivity contribution is 6.18. The predicted molar refractivity (Wildman–Crippen MR) is 69.6 cm³/mol. The van der Waals surface area contributed by atoms with E-state index in [2.05, 4.69) is 10.3 Å². The molecule has 2 rings (SSSR count). The quantitative estimate of drug-likeness (QED) is 0.841. The molecule has 0 bridgehead atoms. The van der Waals surface area contributed by atoms with Crippen LogP contribution >= 0.6 is 11.6 Å². The van der Waals surface area contributed by atoms with Gasteiger partial charge < -0.3 is 9.88 Å². The second kappa shape index (κ2) is 5.54. The molecular weight excluding hydrogens is 238 g/mol. The summed E-state index contributed by atoms with van der Waals surface area (Å²) in [5.41, 5.74) is -0.0774. The maximum atomic E-state index is 11.8. The third kappa shape index (κ3) is 2.80. The van der Waals surface area contributed by atoms with Gasteiger partial charge in [-0.25, -0.2) is 4.98 Å². The van der Waals surface area contributed by atoms with E-state index in [9.17, 15) is 4.79 Å². The van der Waals surface area contributed by atoms with Gasteiger partial charge in [-0.1, -0.05) is 12.8 Å². The minimum atomic E-state index is -0.0774. The van der Waals surface area contributed by atoms with Crippen molar-refractivity contribution in [2.24, 2.45) is 13.0 Å². The highest BCUT2D eigenvalue weighted by Crippen LogP contribution is 2.27. The Morgan fingerprint density at radius 2 is 2.29 bits per heavy atom. The summed E-state index contributed by atoms with van der Waals surface area (Å²) in [6.07, 6.45) is 7.93. The molecule has 94 valence electrons. The molecule has 4 nitrogen and oxygen atoms in total. The molecule has 0 aliphatic heterocycles. The SMILES string of the molecule is Cn1ccnc(NC2CCCCC2CCl)c1=O. The van der Waals surface area contributed by atoms with Gasteiger partial charge in [0.05, 0.1) is 0 Å². The van der Waals surface area contributed by atoms with Crippen molar-refractivity contribution in [3.63, 3.8) is 0 Å². The van der Waals surface area contributed by atoms with E-state index in [0.717, 1.165) is 12.8 Å². The van der Waals surface area contributed by atoms with Crippen LogP contribution in [0.15, 0.2) is 17.2 Å². The van der Waals surface area contributed by atoms with E-state index in [0.29, 0.717) is 17.6 Å². The van der Waals surface area contributed by atoms with Crippen LogP contribution in [0.25, 0.3) is 0 Å². The van der Waals surface area contributed by atoms with E-state index >= 15 is 0 Å². The van der Waals surface area contributed by atoms with Gasteiger partial charge in [0.25, 0.3) is 5.56 Å². The number of rotatable bonds is 3. The molecule has 1 N–H and O–H groups in total. The topological polar surface area (TPSA) is 46.9 Å². The first-order chi connectivity index (χ1) is 8.22. The minimum Gasteiger partial charge on any atom is -0.362 e. The molecule has 1 fully saturated rings. The van der Waals surface area contributed by atoms with E-state index < -0.39 is 0 Å². The maximum absolute atomic E-state index is 11.8. The molecule has 1 aromatic rings. The summed E-state index contributed by atoms with van der Waals surface area (Å²) in [6, 6.07) is 0.281. The molecule has 5 heteroatoms. The number of aryl methyl sites for hydroxylation is 1. The van der Waals surface area contributed by atoms with Crippen LogP contribution < -0.4 is 10.9 Å². The zero-order chi connectivity index (χ0) is 12.3. The van der Waals surface area contributed by atoms with Gasteiger partial charge in [-0.2, -0.15) is 0 Å². The molecule has 0 saturated heterocycles. The van der Waals surface area contributed by atoms with Crippen molar-refractivity contribution in [1.29, 1.82) is 0 Å². The predicted octanol–water partition coefficient (Wildman–Crippen LogP) is 1.99. The number of hydrogen-bond donors (Lipinski definition) is 1. The van der Waals surface area contributed by atoms with Gasteiger partial charge in [-0.05, 0) is 18.8 Å². The van der Waals surface area contributed by atoms with Crippen LogP contribution in [0.2, 0.25) is 0 Å². The summed E-state index contributed by atoms with van der Waals surface area (Å²) in [5, 5.41) is 3.26. The van der Waals surface area contributed by atoms with Gasteiger partial charge >= 0.3 is 0 Å². The molecule has 1 aliphatic carbocycles.